The van der Waals surface area contributed by atoms with Crippen LogP contribution in [0.1, 0.15) is 17.6 Å². The van der Waals surface area contributed by atoms with Gasteiger partial charge in [-0.15, -0.1) is 16.7 Å². The van der Waals surface area contributed by atoms with Gasteiger partial charge < -0.3 is 0 Å². The van der Waals surface area contributed by atoms with Gasteiger partial charge in [-0.3, -0.25) is 0 Å². The lowest BCUT2D eigenvalue weighted by atomic mass is 10.3. The standard InChI is InChI=1S/C6H6ClN5O/c1-3-5(12-13-11-3)6-8-4(2-7)9-10-6/h6H,2H2,1H3/t6-/m0/s1. The zero-order valence-electron chi connectivity index (χ0n) is 6.81. The Morgan fingerprint density at radius 3 is 2.85 bits per heavy atom. The number of halogens is 1. The number of azo groups is 1. The number of aromatic nitrogens is 2. The zero-order valence-corrected chi connectivity index (χ0v) is 7.56. The highest BCUT2D eigenvalue weighted by Gasteiger charge is 2.21. The van der Waals surface area contributed by atoms with Crippen molar-refractivity contribution >= 4 is 17.4 Å². The van der Waals surface area contributed by atoms with Gasteiger partial charge in [0.25, 0.3) is 0 Å². The first-order chi connectivity index (χ1) is 6.31. The monoisotopic (exact) mass is 199 g/mol. The first kappa shape index (κ1) is 8.31. The van der Waals surface area contributed by atoms with Gasteiger partial charge in [-0.05, 0) is 6.92 Å². The summed E-state index contributed by atoms with van der Waals surface area (Å²) >= 11 is 5.53. The molecule has 0 saturated heterocycles. The predicted molar refractivity (Wildman–Crippen MR) is 44.8 cm³/mol. The Kier molecular flexibility index (Phi) is 2.05. The second kappa shape index (κ2) is 3.21. The lowest BCUT2D eigenvalue weighted by Crippen LogP contribution is -1.94. The van der Waals surface area contributed by atoms with E-state index in [1.165, 1.54) is 0 Å². The molecule has 1 aliphatic rings. The van der Waals surface area contributed by atoms with Crippen molar-refractivity contribution in [1.82, 2.24) is 10.3 Å². The number of amidine groups is 1. The molecule has 0 aliphatic carbocycles. The summed E-state index contributed by atoms with van der Waals surface area (Å²) < 4.78 is 4.52. The summed E-state index contributed by atoms with van der Waals surface area (Å²) in [7, 11) is 0. The van der Waals surface area contributed by atoms with Crippen molar-refractivity contribution in [2.75, 3.05) is 5.88 Å². The summed E-state index contributed by atoms with van der Waals surface area (Å²) in [6, 6.07) is 0. The molecular weight excluding hydrogens is 194 g/mol. The third kappa shape index (κ3) is 1.44. The number of rotatable bonds is 2. The van der Waals surface area contributed by atoms with Crippen molar-refractivity contribution in [3.8, 4) is 0 Å². The van der Waals surface area contributed by atoms with Crippen molar-refractivity contribution in [3.05, 3.63) is 11.4 Å². The molecular formula is C6H6ClN5O. The zero-order chi connectivity index (χ0) is 9.26. The molecule has 2 rings (SSSR count). The number of aryl methyl sites for hydroxylation is 1. The van der Waals surface area contributed by atoms with E-state index in [1.54, 1.807) is 6.92 Å². The van der Waals surface area contributed by atoms with Gasteiger partial charge in [0, 0.05) is 0 Å². The first-order valence-electron chi connectivity index (χ1n) is 3.64. The highest BCUT2D eigenvalue weighted by Crippen LogP contribution is 2.24. The molecule has 0 N–H and O–H groups in total. The van der Waals surface area contributed by atoms with E-state index in [2.05, 4.69) is 30.2 Å². The molecule has 0 radical (unpaired) electrons. The van der Waals surface area contributed by atoms with Crippen LogP contribution >= 0.6 is 11.6 Å². The van der Waals surface area contributed by atoms with Gasteiger partial charge in [0.05, 0.1) is 5.88 Å². The van der Waals surface area contributed by atoms with E-state index in [0.717, 1.165) is 0 Å². The molecule has 0 spiro atoms. The van der Waals surface area contributed by atoms with Gasteiger partial charge in [-0.1, -0.05) is 10.3 Å². The van der Waals surface area contributed by atoms with E-state index in [1.807, 2.05) is 0 Å². The van der Waals surface area contributed by atoms with Crippen LogP contribution in [0.4, 0.5) is 0 Å². The Morgan fingerprint density at radius 1 is 1.46 bits per heavy atom. The van der Waals surface area contributed by atoms with Crippen LogP contribution in [0, 0.1) is 6.92 Å². The van der Waals surface area contributed by atoms with E-state index in [4.69, 9.17) is 11.6 Å². The summed E-state index contributed by atoms with van der Waals surface area (Å²) in [4.78, 5) is 4.10. The highest BCUT2D eigenvalue weighted by molar-refractivity contribution is 6.28. The summed E-state index contributed by atoms with van der Waals surface area (Å²) in [6.45, 7) is 1.77. The Morgan fingerprint density at radius 2 is 2.31 bits per heavy atom. The van der Waals surface area contributed by atoms with E-state index >= 15 is 0 Å². The molecule has 1 aliphatic heterocycles. The summed E-state index contributed by atoms with van der Waals surface area (Å²) in [5.74, 6) is 0.763. The van der Waals surface area contributed by atoms with Crippen LogP contribution in [0.2, 0.25) is 0 Å². The Labute approximate surface area is 78.7 Å². The van der Waals surface area contributed by atoms with Gasteiger partial charge >= 0.3 is 0 Å². The molecule has 1 atom stereocenters. The molecule has 0 aromatic carbocycles. The fourth-order valence-corrected chi connectivity index (χ4v) is 1.09. The molecule has 0 bridgehead atoms. The van der Waals surface area contributed by atoms with Crippen LogP contribution in [-0.2, 0) is 0 Å². The molecule has 13 heavy (non-hydrogen) atoms. The maximum Gasteiger partial charge on any atom is 0.210 e. The number of aliphatic imine (C=N–C) groups is 1. The third-order valence-corrected chi connectivity index (χ3v) is 1.84. The van der Waals surface area contributed by atoms with Crippen LogP contribution in [0.15, 0.2) is 19.8 Å². The van der Waals surface area contributed by atoms with Crippen LogP contribution in [0.3, 0.4) is 0 Å². The minimum atomic E-state index is -0.431. The molecule has 0 saturated carbocycles. The average molecular weight is 200 g/mol. The van der Waals surface area contributed by atoms with Gasteiger partial charge in [0.1, 0.15) is 5.69 Å². The summed E-state index contributed by atoms with van der Waals surface area (Å²) in [5, 5.41) is 14.9. The molecule has 1 aromatic heterocycles. The maximum atomic E-state index is 5.53. The molecule has 68 valence electrons. The third-order valence-electron chi connectivity index (χ3n) is 1.61. The molecule has 0 unspecified atom stereocenters. The van der Waals surface area contributed by atoms with E-state index in [9.17, 15) is 0 Å². The Balaban J connectivity index is 2.26. The second-order valence-corrected chi connectivity index (χ2v) is 2.77. The van der Waals surface area contributed by atoms with Crippen molar-refractivity contribution in [2.24, 2.45) is 15.2 Å². The molecule has 2 heterocycles. The smallest absolute Gasteiger partial charge is 0.210 e. The van der Waals surface area contributed by atoms with Gasteiger partial charge in [-0.25, -0.2) is 9.62 Å². The van der Waals surface area contributed by atoms with Crippen molar-refractivity contribution in [2.45, 2.75) is 13.1 Å². The highest BCUT2D eigenvalue weighted by atomic mass is 35.5. The summed E-state index contributed by atoms with van der Waals surface area (Å²) in [6.07, 6.45) is -0.431. The number of hydrogen-bond donors (Lipinski definition) is 0. The Hall–Kier alpha value is -1.30. The second-order valence-electron chi connectivity index (χ2n) is 2.50. The van der Waals surface area contributed by atoms with Gasteiger partial charge in [0.15, 0.2) is 11.5 Å². The lowest BCUT2D eigenvalue weighted by molar-refractivity contribution is 0.299. The molecule has 1 aromatic rings. The van der Waals surface area contributed by atoms with E-state index in [0.29, 0.717) is 17.2 Å². The van der Waals surface area contributed by atoms with Gasteiger partial charge in [-0.2, -0.15) is 5.11 Å². The molecule has 0 amide bonds. The first-order valence-corrected chi connectivity index (χ1v) is 4.17. The van der Waals surface area contributed by atoms with Crippen LogP contribution in [0.25, 0.3) is 0 Å². The quantitative estimate of drug-likeness (QED) is 0.677. The normalized spacial score (nSPS) is 20.8. The van der Waals surface area contributed by atoms with Crippen molar-refractivity contribution < 1.29 is 4.63 Å². The fourth-order valence-electron chi connectivity index (χ4n) is 0.964. The average Bonchev–Trinajstić information content (AvgIpc) is 2.71. The number of nitrogens with zero attached hydrogens (tertiary/aromatic N) is 5. The molecule has 0 fully saturated rings. The fraction of sp³-hybridized carbons (Fsp3) is 0.500. The maximum absolute atomic E-state index is 5.53. The van der Waals surface area contributed by atoms with Crippen molar-refractivity contribution in [3.63, 3.8) is 0 Å². The predicted octanol–water partition coefficient (Wildman–Crippen LogP) is 1.48. The largest absolute Gasteiger partial charge is 0.244 e. The van der Waals surface area contributed by atoms with Crippen LogP contribution < -0.4 is 0 Å². The molecule has 6 nitrogen and oxygen atoms in total. The van der Waals surface area contributed by atoms with Crippen LogP contribution in [-0.4, -0.2) is 22.0 Å². The summed E-state index contributed by atoms with van der Waals surface area (Å²) in [5.41, 5.74) is 1.26. The Bertz CT molecular complexity index is 371. The lowest BCUT2D eigenvalue weighted by Gasteiger charge is -1.94. The minimum absolute atomic E-state index is 0.254. The van der Waals surface area contributed by atoms with Crippen LogP contribution in [0.5, 0.6) is 0 Å². The SMILES string of the molecule is Cc1nonc1[C@@H]1N=NC(CCl)=N1. The van der Waals surface area contributed by atoms with E-state index < -0.39 is 6.17 Å². The van der Waals surface area contributed by atoms with E-state index in [-0.39, 0.29) is 5.88 Å². The molecule has 7 heteroatoms. The number of alkyl halides is 1. The number of hydrogen-bond acceptors (Lipinski definition) is 6. The minimum Gasteiger partial charge on any atom is -0.244 e. The topological polar surface area (TPSA) is 76.0 Å². The van der Waals surface area contributed by atoms with Gasteiger partial charge in [0.2, 0.25) is 6.17 Å². The van der Waals surface area contributed by atoms with Crippen molar-refractivity contribution in [1.29, 1.82) is 0 Å².